The van der Waals surface area contributed by atoms with Crippen molar-refractivity contribution in [2.45, 2.75) is 11.8 Å². The van der Waals surface area contributed by atoms with E-state index in [0.717, 1.165) is 21.4 Å². The van der Waals surface area contributed by atoms with Crippen molar-refractivity contribution in [3.05, 3.63) is 121 Å². The summed E-state index contributed by atoms with van der Waals surface area (Å²) in [6, 6.07) is 39.1. The summed E-state index contributed by atoms with van der Waals surface area (Å²) in [4.78, 5) is 5.70. The molecule has 0 aliphatic heterocycles. The SMILES string of the molecule is Cc1cc2c3ccc(-c4cnc5ccccc5c4)cc3c3ccccc3c2cc1-c1ccccc1S. The molecule has 0 unspecified atom stereocenters. The van der Waals surface area contributed by atoms with Crippen LogP contribution in [0.15, 0.2) is 120 Å². The van der Waals surface area contributed by atoms with Crippen LogP contribution >= 0.6 is 12.6 Å². The number of hydrogen-bond acceptors (Lipinski definition) is 2. The number of hydrogen-bond donors (Lipinski definition) is 1. The van der Waals surface area contributed by atoms with E-state index in [4.69, 9.17) is 17.6 Å². The minimum atomic E-state index is 0.999. The van der Waals surface area contributed by atoms with E-state index in [-0.39, 0.29) is 0 Å². The van der Waals surface area contributed by atoms with Crippen LogP contribution in [0.4, 0.5) is 0 Å². The summed E-state index contributed by atoms with van der Waals surface area (Å²) in [6.45, 7) is 2.20. The molecule has 7 rings (SSSR count). The van der Waals surface area contributed by atoms with E-state index in [2.05, 4.69) is 104 Å². The van der Waals surface area contributed by atoms with Gasteiger partial charge in [0.15, 0.2) is 0 Å². The summed E-state index contributed by atoms with van der Waals surface area (Å²) in [5.74, 6) is 0. The fraction of sp³-hybridized carbons (Fsp3) is 0.0294. The average molecular weight is 478 g/mol. The van der Waals surface area contributed by atoms with E-state index in [1.54, 1.807) is 0 Å². The zero-order chi connectivity index (χ0) is 24.2. The molecule has 0 saturated heterocycles. The Labute approximate surface area is 215 Å². The lowest BCUT2D eigenvalue weighted by molar-refractivity contribution is 1.41. The quantitative estimate of drug-likeness (QED) is 0.193. The summed E-state index contributed by atoms with van der Waals surface area (Å²) in [7, 11) is 0. The van der Waals surface area contributed by atoms with Gasteiger partial charge >= 0.3 is 0 Å². The van der Waals surface area contributed by atoms with Gasteiger partial charge in [-0.15, -0.1) is 12.6 Å². The van der Waals surface area contributed by atoms with Crippen LogP contribution in [-0.4, -0.2) is 4.98 Å². The first kappa shape index (κ1) is 21.2. The molecule has 7 aromatic rings. The summed E-state index contributed by atoms with van der Waals surface area (Å²) < 4.78 is 0. The normalized spacial score (nSPS) is 11.6. The van der Waals surface area contributed by atoms with Crippen LogP contribution in [0.2, 0.25) is 0 Å². The van der Waals surface area contributed by atoms with Gasteiger partial charge in [0.1, 0.15) is 0 Å². The van der Waals surface area contributed by atoms with Gasteiger partial charge in [0.25, 0.3) is 0 Å². The third kappa shape index (κ3) is 3.30. The monoisotopic (exact) mass is 477 g/mol. The highest BCUT2D eigenvalue weighted by molar-refractivity contribution is 7.80. The van der Waals surface area contributed by atoms with Gasteiger partial charge in [-0.1, -0.05) is 78.9 Å². The second-order valence-electron chi connectivity index (χ2n) is 9.45. The largest absolute Gasteiger partial charge is 0.256 e. The number of fused-ring (bicyclic) bond motifs is 7. The molecule has 170 valence electrons. The second-order valence-corrected chi connectivity index (χ2v) is 9.93. The highest BCUT2D eigenvalue weighted by Gasteiger charge is 2.14. The molecule has 0 radical (unpaired) electrons. The summed E-state index contributed by atoms with van der Waals surface area (Å²) in [5.41, 5.74) is 7.00. The van der Waals surface area contributed by atoms with E-state index in [1.165, 1.54) is 54.6 Å². The van der Waals surface area contributed by atoms with E-state index in [9.17, 15) is 0 Å². The van der Waals surface area contributed by atoms with Crippen LogP contribution in [-0.2, 0) is 0 Å². The molecule has 1 heterocycles. The molecule has 36 heavy (non-hydrogen) atoms. The van der Waals surface area contributed by atoms with Crippen LogP contribution in [0.25, 0.3) is 65.5 Å². The molecule has 2 heteroatoms. The summed E-state index contributed by atoms with van der Waals surface area (Å²) in [6.07, 6.45) is 1.98. The Morgan fingerprint density at radius 3 is 2.03 bits per heavy atom. The Morgan fingerprint density at radius 2 is 1.19 bits per heavy atom. The van der Waals surface area contributed by atoms with Crippen molar-refractivity contribution in [2.24, 2.45) is 0 Å². The lowest BCUT2D eigenvalue weighted by Gasteiger charge is -2.16. The third-order valence-electron chi connectivity index (χ3n) is 7.30. The molecular formula is C34H23NS. The van der Waals surface area contributed by atoms with Gasteiger partial charge in [0, 0.05) is 22.0 Å². The maximum absolute atomic E-state index is 4.75. The van der Waals surface area contributed by atoms with Crippen LogP contribution in [0, 0.1) is 6.92 Å². The van der Waals surface area contributed by atoms with Gasteiger partial charge in [0.05, 0.1) is 5.52 Å². The van der Waals surface area contributed by atoms with Crippen molar-refractivity contribution < 1.29 is 0 Å². The number of pyridine rings is 1. The molecule has 0 spiro atoms. The molecule has 0 N–H and O–H groups in total. The van der Waals surface area contributed by atoms with Crippen LogP contribution < -0.4 is 0 Å². The number of rotatable bonds is 2. The Morgan fingerprint density at radius 1 is 0.528 bits per heavy atom. The maximum Gasteiger partial charge on any atom is 0.0702 e. The lowest BCUT2D eigenvalue weighted by atomic mass is 9.88. The maximum atomic E-state index is 4.75. The van der Waals surface area contributed by atoms with Crippen LogP contribution in [0.3, 0.4) is 0 Å². The molecular weight excluding hydrogens is 454 g/mol. The number of para-hydroxylation sites is 1. The highest BCUT2D eigenvalue weighted by Crippen LogP contribution is 2.41. The minimum Gasteiger partial charge on any atom is -0.256 e. The average Bonchev–Trinajstić information content (AvgIpc) is 2.93. The van der Waals surface area contributed by atoms with Crippen molar-refractivity contribution in [2.75, 3.05) is 0 Å². The number of aromatic nitrogens is 1. The molecule has 0 aliphatic rings. The predicted octanol–water partition coefficient (Wildman–Crippen LogP) is 9.63. The number of benzene rings is 6. The predicted molar refractivity (Wildman–Crippen MR) is 157 cm³/mol. The van der Waals surface area contributed by atoms with E-state index < -0.39 is 0 Å². The third-order valence-corrected chi connectivity index (χ3v) is 7.69. The molecule has 1 nitrogen and oxygen atoms in total. The van der Waals surface area contributed by atoms with Crippen LogP contribution in [0.5, 0.6) is 0 Å². The van der Waals surface area contributed by atoms with Gasteiger partial charge in [-0.05, 0) is 91.8 Å². The standard InChI is InChI=1S/C34H23NS/c1-21-16-30-27-15-14-22(24-17-23-8-2-6-12-33(23)35-20-24)18-31(27)25-9-3-4-10-26(25)32(30)19-29(21)28-11-5-7-13-34(28)36/h2-20,36H,1H3. The zero-order valence-corrected chi connectivity index (χ0v) is 20.8. The molecule has 0 saturated carbocycles. The fourth-order valence-electron chi connectivity index (χ4n) is 5.51. The van der Waals surface area contributed by atoms with E-state index in [0.29, 0.717) is 0 Å². The molecule has 0 fully saturated rings. The van der Waals surface area contributed by atoms with Gasteiger partial charge < -0.3 is 0 Å². The highest BCUT2D eigenvalue weighted by atomic mass is 32.1. The van der Waals surface area contributed by atoms with Gasteiger partial charge in [-0.3, -0.25) is 4.98 Å². The van der Waals surface area contributed by atoms with Gasteiger partial charge in [-0.2, -0.15) is 0 Å². The molecule has 1 aromatic heterocycles. The van der Waals surface area contributed by atoms with Crippen molar-refractivity contribution in [3.8, 4) is 22.3 Å². The van der Waals surface area contributed by atoms with Gasteiger partial charge in [0.2, 0.25) is 0 Å². The number of aryl methyl sites for hydroxylation is 1. The first-order chi connectivity index (χ1) is 17.7. The summed E-state index contributed by atoms with van der Waals surface area (Å²) >= 11 is 4.75. The molecule has 0 aliphatic carbocycles. The van der Waals surface area contributed by atoms with Crippen molar-refractivity contribution in [1.82, 2.24) is 4.98 Å². The number of nitrogens with zero attached hydrogens (tertiary/aromatic N) is 1. The minimum absolute atomic E-state index is 0.999. The Bertz CT molecular complexity index is 1970. The number of thiol groups is 1. The molecule has 6 aromatic carbocycles. The molecule has 0 amide bonds. The first-order valence-electron chi connectivity index (χ1n) is 12.2. The second kappa shape index (κ2) is 8.22. The summed E-state index contributed by atoms with van der Waals surface area (Å²) in [5, 5.41) is 8.79. The Balaban J connectivity index is 1.52. The van der Waals surface area contributed by atoms with E-state index >= 15 is 0 Å². The van der Waals surface area contributed by atoms with Crippen molar-refractivity contribution >= 4 is 55.8 Å². The van der Waals surface area contributed by atoms with Crippen LogP contribution in [0.1, 0.15) is 5.56 Å². The van der Waals surface area contributed by atoms with Gasteiger partial charge in [-0.25, -0.2) is 0 Å². The first-order valence-corrected chi connectivity index (χ1v) is 12.6. The Hall–Kier alpha value is -4.14. The molecule has 0 atom stereocenters. The lowest BCUT2D eigenvalue weighted by Crippen LogP contribution is -1.90. The van der Waals surface area contributed by atoms with E-state index in [1.807, 2.05) is 18.3 Å². The Kier molecular flexibility index (Phi) is 4.83. The fourth-order valence-corrected chi connectivity index (χ4v) is 5.79. The zero-order valence-electron chi connectivity index (χ0n) is 19.9. The van der Waals surface area contributed by atoms with Crippen molar-refractivity contribution in [3.63, 3.8) is 0 Å². The molecule has 0 bridgehead atoms. The van der Waals surface area contributed by atoms with Crippen molar-refractivity contribution in [1.29, 1.82) is 0 Å². The smallest absolute Gasteiger partial charge is 0.0702 e. The topological polar surface area (TPSA) is 12.9 Å².